The maximum Gasteiger partial charge on any atom is 0.254 e. The quantitative estimate of drug-likeness (QED) is 0.808. The maximum atomic E-state index is 13.5. The van der Waals surface area contributed by atoms with E-state index in [-0.39, 0.29) is 12.1 Å². The van der Waals surface area contributed by atoms with Gasteiger partial charge in [0.25, 0.3) is 5.91 Å². The van der Waals surface area contributed by atoms with Gasteiger partial charge in [-0.15, -0.1) is 0 Å². The van der Waals surface area contributed by atoms with Crippen molar-refractivity contribution in [2.75, 3.05) is 6.54 Å². The van der Waals surface area contributed by atoms with Crippen LogP contribution >= 0.6 is 0 Å². The monoisotopic (exact) mass is 272 g/mol. The van der Waals surface area contributed by atoms with Crippen LogP contribution in [-0.4, -0.2) is 24.5 Å². The van der Waals surface area contributed by atoms with E-state index in [0.717, 1.165) is 31.5 Å². The van der Waals surface area contributed by atoms with Gasteiger partial charge in [0.05, 0.1) is 5.56 Å². The lowest BCUT2D eigenvalue weighted by molar-refractivity contribution is 0.0914. The summed E-state index contributed by atoms with van der Waals surface area (Å²) < 4.78 is 39.3. The molecular formula is C13H15F3N2O. The third kappa shape index (κ3) is 2.89. The fourth-order valence-electron chi connectivity index (χ4n) is 2.19. The number of rotatable bonds is 2. The molecule has 1 amide bonds. The number of benzene rings is 1. The zero-order valence-corrected chi connectivity index (χ0v) is 10.5. The zero-order chi connectivity index (χ0) is 14.0. The second-order valence-electron chi connectivity index (χ2n) is 4.69. The molecule has 2 unspecified atom stereocenters. The summed E-state index contributed by atoms with van der Waals surface area (Å²) in [7, 11) is 0. The molecule has 6 heteroatoms. The molecule has 104 valence electrons. The fourth-order valence-corrected chi connectivity index (χ4v) is 2.19. The first-order valence-corrected chi connectivity index (χ1v) is 6.18. The number of nitrogens with one attached hydrogen (secondary N) is 2. The molecule has 1 aliphatic heterocycles. The first-order valence-electron chi connectivity index (χ1n) is 6.18. The van der Waals surface area contributed by atoms with Gasteiger partial charge >= 0.3 is 0 Å². The number of carbonyl (C=O) groups excluding carboxylic acids is 1. The molecule has 3 nitrogen and oxygen atoms in total. The van der Waals surface area contributed by atoms with Crippen molar-refractivity contribution in [1.82, 2.24) is 10.6 Å². The summed E-state index contributed by atoms with van der Waals surface area (Å²) in [6, 6.07) is 1.61. The molecule has 0 aliphatic carbocycles. The lowest BCUT2D eigenvalue weighted by atomic mass is 9.99. The van der Waals surface area contributed by atoms with Crippen LogP contribution in [0.5, 0.6) is 0 Å². The highest BCUT2D eigenvalue weighted by atomic mass is 19.2. The van der Waals surface area contributed by atoms with Gasteiger partial charge in [0.15, 0.2) is 17.5 Å². The van der Waals surface area contributed by atoms with E-state index in [1.165, 1.54) is 0 Å². The van der Waals surface area contributed by atoms with Crippen molar-refractivity contribution < 1.29 is 18.0 Å². The molecule has 1 aliphatic rings. The van der Waals surface area contributed by atoms with Crippen molar-refractivity contribution in [1.29, 1.82) is 0 Å². The Morgan fingerprint density at radius 1 is 1.32 bits per heavy atom. The van der Waals surface area contributed by atoms with E-state index in [0.29, 0.717) is 0 Å². The smallest absolute Gasteiger partial charge is 0.254 e. The van der Waals surface area contributed by atoms with Crippen LogP contribution in [0.1, 0.15) is 30.1 Å². The Morgan fingerprint density at radius 3 is 2.74 bits per heavy atom. The van der Waals surface area contributed by atoms with E-state index in [1.807, 2.05) is 6.92 Å². The molecule has 1 heterocycles. The molecule has 1 aromatic carbocycles. The minimum Gasteiger partial charge on any atom is -0.348 e. The van der Waals surface area contributed by atoms with E-state index in [2.05, 4.69) is 10.6 Å². The molecule has 0 aromatic heterocycles. The van der Waals surface area contributed by atoms with Crippen LogP contribution in [0.2, 0.25) is 0 Å². The molecule has 2 rings (SSSR count). The predicted octanol–water partition coefficient (Wildman–Crippen LogP) is 1.97. The topological polar surface area (TPSA) is 41.1 Å². The highest BCUT2D eigenvalue weighted by Crippen LogP contribution is 2.16. The zero-order valence-electron chi connectivity index (χ0n) is 10.5. The second-order valence-corrected chi connectivity index (χ2v) is 4.69. The van der Waals surface area contributed by atoms with Gasteiger partial charge in [-0.1, -0.05) is 0 Å². The highest BCUT2D eigenvalue weighted by Gasteiger charge is 2.25. The fraction of sp³-hybridized carbons (Fsp3) is 0.462. The molecule has 1 aromatic rings. The van der Waals surface area contributed by atoms with Crippen LogP contribution in [0.15, 0.2) is 12.1 Å². The summed E-state index contributed by atoms with van der Waals surface area (Å²) in [5, 5.41) is 5.82. The van der Waals surface area contributed by atoms with Gasteiger partial charge < -0.3 is 10.6 Å². The lowest BCUT2D eigenvalue weighted by Crippen LogP contribution is -2.52. The molecule has 19 heavy (non-hydrogen) atoms. The Bertz CT molecular complexity index is 493. The van der Waals surface area contributed by atoms with Crippen LogP contribution in [0.25, 0.3) is 0 Å². The summed E-state index contributed by atoms with van der Waals surface area (Å²) in [6.45, 7) is 2.78. The van der Waals surface area contributed by atoms with Crippen LogP contribution in [0.4, 0.5) is 13.2 Å². The number of halogens is 3. The molecule has 2 N–H and O–H groups in total. The molecule has 1 saturated heterocycles. The SMILES string of the molecule is CC1NCCCC1NC(=O)c1ccc(F)c(F)c1F. The largest absolute Gasteiger partial charge is 0.348 e. The lowest BCUT2D eigenvalue weighted by Gasteiger charge is -2.30. The van der Waals surface area contributed by atoms with Crippen LogP contribution in [-0.2, 0) is 0 Å². The van der Waals surface area contributed by atoms with E-state index < -0.39 is 28.9 Å². The van der Waals surface area contributed by atoms with E-state index in [9.17, 15) is 18.0 Å². The van der Waals surface area contributed by atoms with Crippen molar-refractivity contribution >= 4 is 5.91 Å². The molecule has 0 saturated carbocycles. The normalized spacial score (nSPS) is 23.2. The Balaban J connectivity index is 2.14. The van der Waals surface area contributed by atoms with Crippen molar-refractivity contribution in [3.05, 3.63) is 35.1 Å². The Labute approximate surface area is 109 Å². The summed E-state index contributed by atoms with van der Waals surface area (Å²) in [5.41, 5.74) is -0.475. The van der Waals surface area contributed by atoms with Crippen molar-refractivity contribution in [3.63, 3.8) is 0 Å². The average Bonchev–Trinajstić information content (AvgIpc) is 2.39. The number of piperidine rings is 1. The molecule has 0 radical (unpaired) electrons. The van der Waals surface area contributed by atoms with Crippen LogP contribution < -0.4 is 10.6 Å². The first-order chi connectivity index (χ1) is 9.00. The van der Waals surface area contributed by atoms with E-state index in [4.69, 9.17) is 0 Å². The van der Waals surface area contributed by atoms with Crippen molar-refractivity contribution in [2.45, 2.75) is 31.8 Å². The van der Waals surface area contributed by atoms with Gasteiger partial charge in [-0.2, -0.15) is 0 Å². The standard InChI is InChI=1S/C13H15F3N2O/c1-7-10(3-2-6-17-7)18-13(19)8-4-5-9(14)12(16)11(8)15/h4-5,7,10,17H,2-3,6H2,1H3,(H,18,19). The number of hydrogen-bond acceptors (Lipinski definition) is 2. The van der Waals surface area contributed by atoms with Crippen LogP contribution in [0, 0.1) is 17.5 Å². The molecule has 1 fully saturated rings. The second kappa shape index (κ2) is 5.61. The summed E-state index contributed by atoms with van der Waals surface area (Å²) in [6.07, 6.45) is 1.67. The summed E-state index contributed by atoms with van der Waals surface area (Å²) in [5.74, 6) is -5.10. The van der Waals surface area contributed by atoms with Crippen LogP contribution in [0.3, 0.4) is 0 Å². The summed E-state index contributed by atoms with van der Waals surface area (Å²) in [4.78, 5) is 11.9. The molecule has 0 bridgehead atoms. The molecular weight excluding hydrogens is 257 g/mol. The van der Waals surface area contributed by atoms with Crippen molar-refractivity contribution in [3.8, 4) is 0 Å². The predicted molar refractivity (Wildman–Crippen MR) is 64.3 cm³/mol. The number of hydrogen-bond donors (Lipinski definition) is 2. The van der Waals surface area contributed by atoms with Crippen molar-refractivity contribution in [2.24, 2.45) is 0 Å². The first kappa shape index (κ1) is 13.9. The van der Waals surface area contributed by atoms with Gasteiger partial charge in [-0.05, 0) is 38.4 Å². The minimum atomic E-state index is -1.62. The Hall–Kier alpha value is -1.56. The Kier molecular flexibility index (Phi) is 4.09. The third-order valence-electron chi connectivity index (χ3n) is 3.36. The summed E-state index contributed by atoms with van der Waals surface area (Å²) >= 11 is 0. The molecule has 2 atom stereocenters. The highest BCUT2D eigenvalue weighted by molar-refractivity contribution is 5.94. The third-order valence-corrected chi connectivity index (χ3v) is 3.36. The minimum absolute atomic E-state index is 0.0612. The van der Waals surface area contributed by atoms with E-state index in [1.54, 1.807) is 0 Å². The maximum absolute atomic E-state index is 13.5. The average molecular weight is 272 g/mol. The van der Waals surface area contributed by atoms with Gasteiger partial charge in [0.2, 0.25) is 0 Å². The van der Waals surface area contributed by atoms with Gasteiger partial charge in [0, 0.05) is 12.1 Å². The Morgan fingerprint density at radius 2 is 2.05 bits per heavy atom. The van der Waals surface area contributed by atoms with Gasteiger partial charge in [-0.3, -0.25) is 4.79 Å². The molecule has 0 spiro atoms. The number of carbonyl (C=O) groups is 1. The van der Waals surface area contributed by atoms with Gasteiger partial charge in [0.1, 0.15) is 0 Å². The number of amides is 1. The van der Waals surface area contributed by atoms with Gasteiger partial charge in [-0.25, -0.2) is 13.2 Å². The van der Waals surface area contributed by atoms with E-state index >= 15 is 0 Å².